The molecule has 1 saturated heterocycles. The maximum absolute atomic E-state index is 12.1. The summed E-state index contributed by atoms with van der Waals surface area (Å²) in [4.78, 5) is 14.5. The van der Waals surface area contributed by atoms with Crippen molar-refractivity contribution < 1.29 is 4.79 Å². The Morgan fingerprint density at radius 3 is 2.50 bits per heavy atom. The number of hydrogen-bond acceptors (Lipinski definition) is 3. The molecule has 104 valence electrons. The van der Waals surface area contributed by atoms with Gasteiger partial charge in [0.15, 0.2) is 0 Å². The van der Waals surface area contributed by atoms with E-state index in [1.54, 1.807) is 0 Å². The van der Waals surface area contributed by atoms with E-state index >= 15 is 0 Å². The summed E-state index contributed by atoms with van der Waals surface area (Å²) >= 11 is 0. The summed E-state index contributed by atoms with van der Waals surface area (Å²) < 4.78 is 0. The Hall–Kier alpha value is -0.610. The summed E-state index contributed by atoms with van der Waals surface area (Å²) in [6.07, 6.45) is 4.74. The normalized spacial score (nSPS) is 28.6. The number of hydrogen-bond donors (Lipinski definition) is 2. The molecule has 0 aromatic rings. The van der Waals surface area contributed by atoms with Gasteiger partial charge in [0.05, 0.1) is 0 Å². The van der Waals surface area contributed by atoms with E-state index in [1.807, 2.05) is 0 Å². The lowest BCUT2D eigenvalue weighted by Crippen LogP contribution is -2.65. The molecule has 1 amide bonds. The van der Waals surface area contributed by atoms with E-state index in [0.717, 1.165) is 25.9 Å². The molecule has 2 aliphatic rings. The van der Waals surface area contributed by atoms with Crippen molar-refractivity contribution in [2.75, 3.05) is 13.1 Å². The number of nitrogens with zero attached hydrogens (tertiary/aromatic N) is 1. The second kappa shape index (κ2) is 5.17. The van der Waals surface area contributed by atoms with E-state index in [-0.39, 0.29) is 11.9 Å². The van der Waals surface area contributed by atoms with Crippen LogP contribution in [-0.2, 0) is 4.79 Å². The van der Waals surface area contributed by atoms with Crippen LogP contribution in [0.5, 0.6) is 0 Å². The highest BCUT2D eigenvalue weighted by molar-refractivity contribution is 5.86. The van der Waals surface area contributed by atoms with Crippen LogP contribution in [0.1, 0.15) is 46.5 Å². The first-order valence-corrected chi connectivity index (χ1v) is 7.27. The van der Waals surface area contributed by atoms with Crippen molar-refractivity contribution in [1.29, 1.82) is 0 Å². The van der Waals surface area contributed by atoms with Gasteiger partial charge in [-0.15, -0.1) is 0 Å². The molecular formula is C14H27N3O. The van der Waals surface area contributed by atoms with Gasteiger partial charge in [0.1, 0.15) is 5.54 Å². The molecular weight excluding hydrogens is 226 g/mol. The van der Waals surface area contributed by atoms with E-state index in [0.29, 0.717) is 12.0 Å². The van der Waals surface area contributed by atoms with Crippen molar-refractivity contribution in [3.63, 3.8) is 0 Å². The van der Waals surface area contributed by atoms with Crippen LogP contribution in [0.4, 0.5) is 0 Å². The zero-order valence-corrected chi connectivity index (χ0v) is 11.9. The van der Waals surface area contributed by atoms with Crippen LogP contribution in [0, 0.1) is 5.92 Å². The summed E-state index contributed by atoms with van der Waals surface area (Å²) in [5.41, 5.74) is 5.25. The average Bonchev–Trinajstić information content (AvgIpc) is 3.04. The zero-order valence-electron chi connectivity index (χ0n) is 11.9. The van der Waals surface area contributed by atoms with E-state index in [1.165, 1.54) is 12.8 Å². The fourth-order valence-electron chi connectivity index (χ4n) is 3.28. The number of carbonyl (C=O) groups is 1. The number of rotatable bonds is 6. The first-order valence-electron chi connectivity index (χ1n) is 7.27. The molecule has 2 fully saturated rings. The van der Waals surface area contributed by atoms with Crippen molar-refractivity contribution in [2.45, 2.75) is 64.1 Å². The first-order chi connectivity index (χ1) is 8.45. The molecule has 3 N–H and O–H groups in total. The van der Waals surface area contributed by atoms with Crippen LogP contribution in [0.15, 0.2) is 0 Å². The molecule has 0 aromatic carbocycles. The van der Waals surface area contributed by atoms with Crippen molar-refractivity contribution in [3.8, 4) is 0 Å². The third-order valence-electron chi connectivity index (χ3n) is 4.40. The van der Waals surface area contributed by atoms with Crippen LogP contribution >= 0.6 is 0 Å². The Kier molecular flexibility index (Phi) is 3.97. The zero-order chi connectivity index (χ0) is 13.3. The maximum atomic E-state index is 12.1. The van der Waals surface area contributed by atoms with Gasteiger partial charge < -0.3 is 5.73 Å². The third-order valence-corrected chi connectivity index (χ3v) is 4.40. The van der Waals surface area contributed by atoms with Crippen LogP contribution in [-0.4, -0.2) is 41.5 Å². The maximum Gasteiger partial charge on any atom is 0.239 e. The highest BCUT2D eigenvalue weighted by atomic mass is 16.1. The fourth-order valence-corrected chi connectivity index (χ4v) is 3.28. The smallest absolute Gasteiger partial charge is 0.239 e. The van der Waals surface area contributed by atoms with Gasteiger partial charge in [-0.25, -0.2) is 0 Å². The summed E-state index contributed by atoms with van der Waals surface area (Å²) in [6, 6.07) is 0.868. The molecule has 0 radical (unpaired) electrons. The van der Waals surface area contributed by atoms with Crippen LogP contribution in [0.25, 0.3) is 0 Å². The second-order valence-corrected chi connectivity index (χ2v) is 6.37. The molecule has 0 aromatic heterocycles. The predicted octanol–water partition coefficient (Wildman–Crippen LogP) is 1.10. The molecule has 1 saturated carbocycles. The first kappa shape index (κ1) is 13.8. The van der Waals surface area contributed by atoms with Gasteiger partial charge in [-0.3, -0.25) is 15.0 Å². The Bertz CT molecular complexity index is 314. The molecule has 1 heterocycles. The lowest BCUT2D eigenvalue weighted by molar-refractivity contribution is -0.126. The Labute approximate surface area is 110 Å². The van der Waals surface area contributed by atoms with Crippen molar-refractivity contribution in [2.24, 2.45) is 11.7 Å². The monoisotopic (exact) mass is 253 g/mol. The molecule has 2 unspecified atom stereocenters. The summed E-state index contributed by atoms with van der Waals surface area (Å²) in [5.74, 6) is 0.267. The third kappa shape index (κ3) is 2.69. The van der Waals surface area contributed by atoms with E-state index < -0.39 is 5.54 Å². The number of likely N-dealkylation sites (tertiary alicyclic amines) is 1. The Balaban J connectivity index is 2.14. The van der Waals surface area contributed by atoms with Crippen molar-refractivity contribution >= 4 is 5.91 Å². The van der Waals surface area contributed by atoms with Gasteiger partial charge in [0.25, 0.3) is 0 Å². The molecule has 4 nitrogen and oxygen atoms in total. The molecule has 0 spiro atoms. The number of primary amides is 1. The standard InChI is InChI=1S/C14H27N3O/c1-10(2)16-14(13(15)18,12-6-7-12)9-17-8-4-5-11(17)3/h10-12,16H,4-9H2,1-3H3,(H2,15,18). The lowest BCUT2D eigenvalue weighted by Gasteiger charge is -2.38. The highest BCUT2D eigenvalue weighted by Crippen LogP contribution is 2.41. The summed E-state index contributed by atoms with van der Waals surface area (Å²) in [6.45, 7) is 8.32. The van der Waals surface area contributed by atoms with Gasteiger partial charge in [0, 0.05) is 18.6 Å². The largest absolute Gasteiger partial charge is 0.368 e. The second-order valence-electron chi connectivity index (χ2n) is 6.37. The number of carbonyl (C=O) groups excluding carboxylic acids is 1. The molecule has 0 bridgehead atoms. The minimum Gasteiger partial charge on any atom is -0.368 e. The summed E-state index contributed by atoms with van der Waals surface area (Å²) in [5, 5.41) is 3.49. The molecule has 2 atom stereocenters. The van der Waals surface area contributed by atoms with Gasteiger partial charge in [-0.1, -0.05) is 0 Å². The SMILES string of the molecule is CC(C)NC(CN1CCCC1C)(C(N)=O)C1CC1. The lowest BCUT2D eigenvalue weighted by atomic mass is 9.90. The number of amides is 1. The minimum atomic E-state index is -0.507. The predicted molar refractivity (Wildman–Crippen MR) is 73.2 cm³/mol. The van der Waals surface area contributed by atoms with Crippen LogP contribution < -0.4 is 11.1 Å². The van der Waals surface area contributed by atoms with E-state index in [4.69, 9.17) is 5.73 Å². The van der Waals surface area contributed by atoms with Crippen molar-refractivity contribution in [3.05, 3.63) is 0 Å². The molecule has 2 rings (SSSR count). The average molecular weight is 253 g/mol. The van der Waals surface area contributed by atoms with Crippen LogP contribution in [0.2, 0.25) is 0 Å². The van der Waals surface area contributed by atoms with Crippen LogP contribution in [0.3, 0.4) is 0 Å². The summed E-state index contributed by atoms with van der Waals surface area (Å²) in [7, 11) is 0. The van der Waals surface area contributed by atoms with E-state index in [2.05, 4.69) is 31.0 Å². The topological polar surface area (TPSA) is 58.4 Å². The molecule has 4 heteroatoms. The van der Waals surface area contributed by atoms with Gasteiger partial charge >= 0.3 is 0 Å². The van der Waals surface area contributed by atoms with Crippen molar-refractivity contribution in [1.82, 2.24) is 10.2 Å². The van der Waals surface area contributed by atoms with E-state index in [9.17, 15) is 4.79 Å². The molecule has 18 heavy (non-hydrogen) atoms. The molecule has 1 aliphatic heterocycles. The van der Waals surface area contributed by atoms with Gasteiger partial charge in [0.2, 0.25) is 5.91 Å². The Morgan fingerprint density at radius 1 is 1.44 bits per heavy atom. The van der Waals surface area contributed by atoms with Gasteiger partial charge in [-0.2, -0.15) is 0 Å². The Morgan fingerprint density at radius 2 is 2.11 bits per heavy atom. The number of nitrogens with one attached hydrogen (secondary N) is 1. The minimum absolute atomic E-state index is 0.169. The fraction of sp³-hybridized carbons (Fsp3) is 0.929. The highest BCUT2D eigenvalue weighted by Gasteiger charge is 2.51. The molecule has 1 aliphatic carbocycles. The quantitative estimate of drug-likeness (QED) is 0.745. The van der Waals surface area contributed by atoms with Gasteiger partial charge in [-0.05, 0) is 58.9 Å². The number of nitrogens with two attached hydrogens (primary N) is 1.